The number of rotatable bonds is 3. The maximum Gasteiger partial charge on any atom is 0.322 e. The van der Waals surface area contributed by atoms with E-state index in [0.29, 0.717) is 0 Å². The van der Waals surface area contributed by atoms with Crippen molar-refractivity contribution in [2.24, 2.45) is 0 Å². The largest absolute Gasteiger partial charge is 0.480 e. The summed E-state index contributed by atoms with van der Waals surface area (Å²) in [5, 5.41) is 10.3. The molecule has 1 heterocycles. The van der Waals surface area contributed by atoms with Crippen LogP contribution in [-0.4, -0.2) is 28.5 Å². The molecule has 1 rings (SSSR count). The zero-order valence-electron chi connectivity index (χ0n) is 7.03. The van der Waals surface area contributed by atoms with Crippen molar-refractivity contribution < 1.29 is 19.1 Å². The number of aromatic nitrogens is 1. The fraction of sp³-hybridized carbons (Fsp3) is 0.125. The number of aliphatic carboxylic acids is 1. The van der Waals surface area contributed by atoms with Gasteiger partial charge in [0.15, 0.2) is 5.82 Å². The smallest absolute Gasteiger partial charge is 0.322 e. The highest BCUT2D eigenvalue weighted by Crippen LogP contribution is 2.03. The zero-order chi connectivity index (χ0) is 10.6. The molecule has 2 N–H and O–H groups in total. The van der Waals surface area contributed by atoms with Gasteiger partial charge in [0.05, 0.1) is 11.8 Å². The minimum Gasteiger partial charge on any atom is -0.480 e. The SMILES string of the molecule is O=C(O)CNC(=O)c1ccncc1F. The molecule has 0 atom stereocenters. The monoisotopic (exact) mass is 198 g/mol. The van der Waals surface area contributed by atoms with Crippen molar-refractivity contribution in [3.8, 4) is 0 Å². The van der Waals surface area contributed by atoms with Gasteiger partial charge >= 0.3 is 5.97 Å². The van der Waals surface area contributed by atoms with Crippen molar-refractivity contribution in [1.29, 1.82) is 0 Å². The molecular weight excluding hydrogens is 191 g/mol. The molecule has 0 aliphatic rings. The lowest BCUT2D eigenvalue weighted by Gasteiger charge is -2.02. The molecule has 5 nitrogen and oxygen atoms in total. The second kappa shape index (κ2) is 4.31. The molecule has 0 saturated carbocycles. The van der Waals surface area contributed by atoms with E-state index in [9.17, 15) is 14.0 Å². The number of carboxylic acids is 1. The summed E-state index contributed by atoms with van der Waals surface area (Å²) in [6.07, 6.45) is 2.13. The van der Waals surface area contributed by atoms with E-state index in [1.165, 1.54) is 12.3 Å². The molecule has 0 unspecified atom stereocenters. The lowest BCUT2D eigenvalue weighted by atomic mass is 10.2. The molecule has 74 valence electrons. The number of carbonyl (C=O) groups excluding carboxylic acids is 1. The van der Waals surface area contributed by atoms with Crippen LogP contribution >= 0.6 is 0 Å². The van der Waals surface area contributed by atoms with E-state index in [4.69, 9.17) is 5.11 Å². The van der Waals surface area contributed by atoms with Gasteiger partial charge in [-0.1, -0.05) is 0 Å². The third kappa shape index (κ3) is 2.51. The van der Waals surface area contributed by atoms with Crippen molar-refractivity contribution in [2.45, 2.75) is 0 Å². The van der Waals surface area contributed by atoms with Gasteiger partial charge in [0.2, 0.25) is 0 Å². The molecule has 14 heavy (non-hydrogen) atoms. The first kappa shape index (κ1) is 10.1. The fourth-order valence-electron chi connectivity index (χ4n) is 0.810. The molecule has 1 amide bonds. The third-order valence-electron chi connectivity index (χ3n) is 1.42. The molecule has 0 saturated heterocycles. The van der Waals surface area contributed by atoms with Crippen LogP contribution in [0.15, 0.2) is 18.5 Å². The second-order valence-corrected chi connectivity index (χ2v) is 2.43. The molecule has 1 aromatic rings. The van der Waals surface area contributed by atoms with E-state index < -0.39 is 24.2 Å². The molecule has 0 aliphatic heterocycles. The average Bonchev–Trinajstić information content (AvgIpc) is 2.15. The van der Waals surface area contributed by atoms with Gasteiger partial charge in [0, 0.05) is 6.20 Å². The lowest BCUT2D eigenvalue weighted by molar-refractivity contribution is -0.135. The minimum absolute atomic E-state index is 0.221. The Labute approximate surface area is 78.6 Å². The van der Waals surface area contributed by atoms with Crippen LogP contribution in [0.2, 0.25) is 0 Å². The first-order valence-electron chi connectivity index (χ1n) is 3.71. The van der Waals surface area contributed by atoms with Gasteiger partial charge in [-0.05, 0) is 6.07 Å². The predicted octanol–water partition coefficient (Wildman–Crippen LogP) is 0.0351. The Kier molecular flexibility index (Phi) is 3.11. The number of carbonyl (C=O) groups is 2. The summed E-state index contributed by atoms with van der Waals surface area (Å²) in [5.41, 5.74) is -0.221. The first-order chi connectivity index (χ1) is 6.61. The molecule has 1 aromatic heterocycles. The molecule has 0 aliphatic carbocycles. The van der Waals surface area contributed by atoms with E-state index in [-0.39, 0.29) is 5.56 Å². The van der Waals surface area contributed by atoms with E-state index >= 15 is 0 Å². The lowest BCUT2D eigenvalue weighted by Crippen LogP contribution is -2.29. The highest BCUT2D eigenvalue weighted by Gasteiger charge is 2.11. The van der Waals surface area contributed by atoms with Gasteiger partial charge < -0.3 is 10.4 Å². The molecule has 0 radical (unpaired) electrons. The summed E-state index contributed by atoms with van der Waals surface area (Å²) in [5.74, 6) is -2.74. The summed E-state index contributed by atoms with van der Waals surface area (Å²) in [7, 11) is 0. The Morgan fingerprint density at radius 2 is 2.29 bits per heavy atom. The van der Waals surface area contributed by atoms with Crippen molar-refractivity contribution in [1.82, 2.24) is 10.3 Å². The van der Waals surface area contributed by atoms with Gasteiger partial charge in [-0.25, -0.2) is 4.39 Å². The molecule has 0 bridgehead atoms. The van der Waals surface area contributed by atoms with Crippen LogP contribution in [-0.2, 0) is 4.79 Å². The number of nitrogens with zero attached hydrogens (tertiary/aromatic N) is 1. The van der Waals surface area contributed by atoms with Crippen molar-refractivity contribution >= 4 is 11.9 Å². The van der Waals surface area contributed by atoms with E-state index in [0.717, 1.165) is 6.20 Å². The van der Waals surface area contributed by atoms with Crippen molar-refractivity contribution in [3.05, 3.63) is 29.8 Å². The van der Waals surface area contributed by atoms with Gasteiger partial charge in [0.25, 0.3) is 5.91 Å². The number of hydrogen-bond acceptors (Lipinski definition) is 3. The summed E-state index contributed by atoms with van der Waals surface area (Å²) in [4.78, 5) is 24.7. The van der Waals surface area contributed by atoms with Gasteiger partial charge in [-0.3, -0.25) is 14.6 Å². The number of amides is 1. The Morgan fingerprint density at radius 3 is 2.86 bits per heavy atom. The van der Waals surface area contributed by atoms with Crippen LogP contribution in [0.4, 0.5) is 4.39 Å². The maximum atomic E-state index is 12.9. The first-order valence-corrected chi connectivity index (χ1v) is 3.71. The highest BCUT2D eigenvalue weighted by molar-refractivity contribution is 5.95. The van der Waals surface area contributed by atoms with E-state index in [2.05, 4.69) is 4.98 Å². The maximum absolute atomic E-state index is 12.9. The van der Waals surface area contributed by atoms with Gasteiger partial charge in [-0.2, -0.15) is 0 Å². The third-order valence-corrected chi connectivity index (χ3v) is 1.42. The van der Waals surface area contributed by atoms with Crippen molar-refractivity contribution in [3.63, 3.8) is 0 Å². The van der Waals surface area contributed by atoms with Gasteiger partial charge in [0.1, 0.15) is 6.54 Å². The molecule has 0 spiro atoms. The average molecular weight is 198 g/mol. The predicted molar refractivity (Wildman–Crippen MR) is 44.2 cm³/mol. The highest BCUT2D eigenvalue weighted by atomic mass is 19.1. The van der Waals surface area contributed by atoms with Crippen LogP contribution in [0.25, 0.3) is 0 Å². The topological polar surface area (TPSA) is 79.3 Å². The minimum atomic E-state index is -1.19. The fourth-order valence-corrected chi connectivity index (χ4v) is 0.810. The summed E-state index contributed by atoms with van der Waals surface area (Å²) in [6.45, 7) is -0.541. The molecular formula is C8H7FN2O3. The Bertz CT molecular complexity index is 367. The number of halogens is 1. The van der Waals surface area contributed by atoms with Crippen LogP contribution in [0.5, 0.6) is 0 Å². The standard InChI is InChI=1S/C8H7FN2O3/c9-6-3-10-2-1-5(6)8(14)11-4-7(12)13/h1-3H,4H2,(H,11,14)(H,12,13). The molecule has 6 heteroatoms. The van der Waals surface area contributed by atoms with Crippen LogP contribution in [0.3, 0.4) is 0 Å². The number of carboxylic acid groups (broad SMARTS) is 1. The Balaban J connectivity index is 2.70. The number of nitrogens with one attached hydrogen (secondary N) is 1. The summed E-state index contributed by atoms with van der Waals surface area (Å²) < 4.78 is 12.9. The van der Waals surface area contributed by atoms with E-state index in [1.54, 1.807) is 0 Å². The normalized spacial score (nSPS) is 9.50. The Morgan fingerprint density at radius 1 is 1.57 bits per heavy atom. The van der Waals surface area contributed by atoms with Crippen molar-refractivity contribution in [2.75, 3.05) is 6.54 Å². The second-order valence-electron chi connectivity index (χ2n) is 2.43. The molecule has 0 aromatic carbocycles. The van der Waals surface area contributed by atoms with Crippen LogP contribution in [0.1, 0.15) is 10.4 Å². The zero-order valence-corrected chi connectivity index (χ0v) is 7.03. The van der Waals surface area contributed by atoms with Gasteiger partial charge in [-0.15, -0.1) is 0 Å². The Hall–Kier alpha value is -1.98. The van der Waals surface area contributed by atoms with E-state index in [1.807, 2.05) is 5.32 Å². The quantitative estimate of drug-likeness (QED) is 0.718. The molecule has 0 fully saturated rings. The summed E-state index contributed by atoms with van der Waals surface area (Å²) in [6, 6.07) is 1.17. The summed E-state index contributed by atoms with van der Waals surface area (Å²) >= 11 is 0. The van der Waals surface area contributed by atoms with Crippen LogP contribution in [0, 0.1) is 5.82 Å². The number of pyridine rings is 1. The van der Waals surface area contributed by atoms with Crippen LogP contribution < -0.4 is 5.32 Å². The number of hydrogen-bond donors (Lipinski definition) is 2.